The van der Waals surface area contributed by atoms with Gasteiger partial charge in [0.05, 0.1) is 6.20 Å². The lowest BCUT2D eigenvalue weighted by molar-refractivity contribution is 0.102. The van der Waals surface area contributed by atoms with E-state index in [1.54, 1.807) is 12.3 Å². The van der Waals surface area contributed by atoms with E-state index in [4.69, 9.17) is 0 Å². The Labute approximate surface area is 143 Å². The maximum absolute atomic E-state index is 12.4. The van der Waals surface area contributed by atoms with Crippen molar-refractivity contribution >= 4 is 46.0 Å². The number of carbonyl (C=O) groups is 1. The molecule has 1 heterocycles. The smallest absolute Gasteiger partial charge is 0.255 e. The Hall–Kier alpha value is -1.90. The molecule has 0 bridgehead atoms. The lowest BCUT2D eigenvalue weighted by Crippen LogP contribution is -2.21. The van der Waals surface area contributed by atoms with E-state index in [9.17, 15) is 4.79 Å². The Kier molecular flexibility index (Phi) is 5.17. The van der Waals surface area contributed by atoms with Gasteiger partial charge in [-0.1, -0.05) is 6.07 Å². The first-order chi connectivity index (χ1) is 10.4. The summed E-state index contributed by atoms with van der Waals surface area (Å²) >= 11 is 2.18. The normalized spacial score (nSPS) is 10.2. The highest BCUT2D eigenvalue weighted by molar-refractivity contribution is 14.1. The lowest BCUT2D eigenvalue weighted by atomic mass is 10.2. The van der Waals surface area contributed by atoms with Crippen LogP contribution in [-0.4, -0.2) is 44.1 Å². The van der Waals surface area contributed by atoms with Crippen molar-refractivity contribution in [2.24, 2.45) is 0 Å². The van der Waals surface area contributed by atoms with Crippen LogP contribution in [0.1, 0.15) is 10.4 Å². The summed E-state index contributed by atoms with van der Waals surface area (Å²) in [4.78, 5) is 24.7. The molecule has 1 amide bonds. The Morgan fingerprint density at radius 3 is 2.50 bits per heavy atom. The van der Waals surface area contributed by atoms with Crippen LogP contribution in [0.5, 0.6) is 0 Å². The summed E-state index contributed by atoms with van der Waals surface area (Å²) in [6.07, 6.45) is 1.63. The minimum atomic E-state index is -0.178. The van der Waals surface area contributed by atoms with Crippen molar-refractivity contribution in [3.05, 3.63) is 39.6 Å². The van der Waals surface area contributed by atoms with Gasteiger partial charge in [-0.15, -0.1) is 0 Å². The summed E-state index contributed by atoms with van der Waals surface area (Å²) in [5.74, 6) is 1.08. The van der Waals surface area contributed by atoms with Gasteiger partial charge in [-0.2, -0.15) is 4.98 Å². The van der Waals surface area contributed by atoms with Gasteiger partial charge >= 0.3 is 0 Å². The molecular weight excluding hydrogens is 393 g/mol. The van der Waals surface area contributed by atoms with Crippen molar-refractivity contribution in [2.75, 3.05) is 43.3 Å². The Balaban J connectivity index is 2.30. The third-order valence-electron chi connectivity index (χ3n) is 2.91. The number of halogens is 1. The molecule has 2 aromatic rings. The number of benzene rings is 1. The molecule has 0 aliphatic rings. The number of anilines is 3. The molecule has 1 N–H and O–H groups in total. The van der Waals surface area contributed by atoms with Gasteiger partial charge < -0.3 is 15.1 Å². The van der Waals surface area contributed by atoms with E-state index in [0.29, 0.717) is 23.0 Å². The highest BCUT2D eigenvalue weighted by Crippen LogP contribution is 2.23. The first kappa shape index (κ1) is 16.5. The molecule has 0 saturated heterocycles. The Bertz CT molecular complexity index is 687. The van der Waals surface area contributed by atoms with Crippen molar-refractivity contribution in [3.63, 3.8) is 0 Å². The summed E-state index contributed by atoms with van der Waals surface area (Å²) in [6.45, 7) is 0. The van der Waals surface area contributed by atoms with Crippen molar-refractivity contribution in [3.8, 4) is 0 Å². The zero-order valence-electron chi connectivity index (χ0n) is 13.0. The van der Waals surface area contributed by atoms with Crippen molar-refractivity contribution in [1.29, 1.82) is 0 Å². The van der Waals surface area contributed by atoms with Gasteiger partial charge in [0.25, 0.3) is 5.91 Å². The predicted octanol–water partition coefficient (Wildman–Crippen LogP) is 2.47. The predicted molar refractivity (Wildman–Crippen MR) is 97.8 cm³/mol. The summed E-state index contributed by atoms with van der Waals surface area (Å²) in [5, 5.41) is 2.87. The monoisotopic (exact) mass is 411 g/mol. The minimum absolute atomic E-state index is 0.178. The topological polar surface area (TPSA) is 61.4 Å². The van der Waals surface area contributed by atoms with Gasteiger partial charge in [-0.3, -0.25) is 4.79 Å². The van der Waals surface area contributed by atoms with Crippen molar-refractivity contribution < 1.29 is 4.79 Å². The van der Waals surface area contributed by atoms with E-state index in [1.807, 2.05) is 56.2 Å². The van der Waals surface area contributed by atoms with Crippen LogP contribution < -0.4 is 15.1 Å². The lowest BCUT2D eigenvalue weighted by Gasteiger charge is -2.19. The third-order valence-corrected chi connectivity index (χ3v) is 3.59. The number of hydrogen-bond acceptors (Lipinski definition) is 5. The average Bonchev–Trinajstić information content (AvgIpc) is 2.47. The van der Waals surface area contributed by atoms with E-state index in [-0.39, 0.29) is 5.91 Å². The number of hydrogen-bond donors (Lipinski definition) is 1. The third kappa shape index (κ3) is 3.85. The largest absolute Gasteiger partial charge is 0.361 e. The van der Waals surface area contributed by atoms with Crippen LogP contribution >= 0.6 is 22.6 Å². The van der Waals surface area contributed by atoms with E-state index < -0.39 is 0 Å². The van der Waals surface area contributed by atoms with Crippen LogP contribution in [0.15, 0.2) is 30.5 Å². The second-order valence-electron chi connectivity index (χ2n) is 5.16. The molecule has 116 valence electrons. The molecule has 0 aliphatic carbocycles. The molecule has 0 spiro atoms. The van der Waals surface area contributed by atoms with Crippen LogP contribution in [0.4, 0.5) is 17.5 Å². The van der Waals surface area contributed by atoms with Gasteiger partial charge in [0.15, 0.2) is 5.82 Å². The van der Waals surface area contributed by atoms with Crippen molar-refractivity contribution in [1.82, 2.24) is 9.97 Å². The molecule has 7 heteroatoms. The van der Waals surface area contributed by atoms with Gasteiger partial charge in [0.1, 0.15) is 5.69 Å². The average molecular weight is 411 g/mol. The second kappa shape index (κ2) is 6.91. The molecule has 2 rings (SSSR count). The number of amides is 1. The summed E-state index contributed by atoms with van der Waals surface area (Å²) in [5.41, 5.74) is 1.19. The van der Waals surface area contributed by atoms with Crippen LogP contribution in [0.2, 0.25) is 0 Å². The van der Waals surface area contributed by atoms with Crippen molar-refractivity contribution in [2.45, 2.75) is 0 Å². The standard InChI is InChI=1S/C15H18IN5O/c1-20(2)13-12(9-17-15(19-13)21(3)4)18-14(22)10-6-5-7-11(16)8-10/h5-9H,1-4H3,(H,18,22). The Morgan fingerprint density at radius 2 is 1.91 bits per heavy atom. The molecule has 1 aromatic carbocycles. The number of rotatable bonds is 4. The van der Waals surface area contributed by atoms with Crippen LogP contribution in [0.25, 0.3) is 0 Å². The molecule has 0 unspecified atom stereocenters. The van der Waals surface area contributed by atoms with Gasteiger partial charge in [-0.25, -0.2) is 4.98 Å². The highest BCUT2D eigenvalue weighted by Gasteiger charge is 2.14. The molecule has 0 radical (unpaired) electrons. The number of carbonyl (C=O) groups excluding carboxylic acids is 1. The van der Waals surface area contributed by atoms with Crippen LogP contribution in [-0.2, 0) is 0 Å². The summed E-state index contributed by atoms with van der Waals surface area (Å²) in [7, 11) is 7.50. The molecule has 0 fully saturated rings. The first-order valence-electron chi connectivity index (χ1n) is 6.67. The number of nitrogens with one attached hydrogen (secondary N) is 1. The molecule has 0 aliphatic heterocycles. The van der Waals surface area contributed by atoms with E-state index in [1.165, 1.54) is 0 Å². The SMILES string of the molecule is CN(C)c1ncc(NC(=O)c2cccc(I)c2)c(N(C)C)n1. The quantitative estimate of drug-likeness (QED) is 0.784. The number of nitrogens with zero attached hydrogens (tertiary/aromatic N) is 4. The molecular formula is C15H18IN5O. The molecule has 0 atom stereocenters. The van der Waals surface area contributed by atoms with E-state index in [0.717, 1.165) is 3.57 Å². The maximum atomic E-state index is 12.4. The highest BCUT2D eigenvalue weighted by atomic mass is 127. The minimum Gasteiger partial charge on any atom is -0.361 e. The van der Waals surface area contributed by atoms with E-state index >= 15 is 0 Å². The fourth-order valence-corrected chi connectivity index (χ4v) is 2.38. The first-order valence-corrected chi connectivity index (χ1v) is 7.75. The zero-order chi connectivity index (χ0) is 16.3. The zero-order valence-corrected chi connectivity index (χ0v) is 15.1. The van der Waals surface area contributed by atoms with Gasteiger partial charge in [0, 0.05) is 37.3 Å². The number of aromatic nitrogens is 2. The molecule has 0 saturated carbocycles. The molecule has 6 nitrogen and oxygen atoms in total. The summed E-state index contributed by atoms with van der Waals surface area (Å²) in [6, 6.07) is 7.41. The van der Waals surface area contributed by atoms with Crippen LogP contribution in [0, 0.1) is 3.57 Å². The Morgan fingerprint density at radius 1 is 1.18 bits per heavy atom. The van der Waals surface area contributed by atoms with E-state index in [2.05, 4.69) is 37.9 Å². The van der Waals surface area contributed by atoms with Gasteiger partial charge in [-0.05, 0) is 40.8 Å². The van der Waals surface area contributed by atoms with Gasteiger partial charge in [0.2, 0.25) is 5.95 Å². The maximum Gasteiger partial charge on any atom is 0.255 e. The second-order valence-corrected chi connectivity index (χ2v) is 6.41. The molecule has 1 aromatic heterocycles. The summed E-state index contributed by atoms with van der Waals surface area (Å²) < 4.78 is 1.01. The fourth-order valence-electron chi connectivity index (χ4n) is 1.83. The molecule has 22 heavy (non-hydrogen) atoms. The van der Waals surface area contributed by atoms with Crippen LogP contribution in [0.3, 0.4) is 0 Å². The fraction of sp³-hybridized carbons (Fsp3) is 0.267.